The van der Waals surface area contributed by atoms with Crippen LogP contribution in [-0.2, 0) is 12.8 Å². The van der Waals surface area contributed by atoms with Crippen LogP contribution in [0.5, 0.6) is 5.75 Å². The van der Waals surface area contributed by atoms with Crippen LogP contribution in [-0.4, -0.2) is 23.9 Å². The Balaban J connectivity index is 1.61. The van der Waals surface area contributed by atoms with Gasteiger partial charge >= 0.3 is 0 Å². The second-order valence-electron chi connectivity index (χ2n) is 6.83. The molecular weight excluding hydrogens is 406 g/mol. The maximum Gasteiger partial charge on any atom is 0.275 e. The summed E-state index contributed by atoms with van der Waals surface area (Å²) in [6.07, 6.45) is 5.02. The van der Waals surface area contributed by atoms with Crippen molar-refractivity contribution in [1.29, 1.82) is 0 Å². The minimum absolute atomic E-state index is 0.301. The summed E-state index contributed by atoms with van der Waals surface area (Å²) < 4.78 is 5.38. The lowest BCUT2D eigenvalue weighted by Gasteiger charge is -2.05. The Morgan fingerprint density at radius 3 is 2.76 bits per heavy atom. The molecule has 3 N–H and O–H groups in total. The Hall–Kier alpha value is -2.71. The number of aryl methyl sites for hydroxylation is 1. The topological polar surface area (TPSA) is 94.3 Å². The number of anilines is 1. The van der Waals surface area contributed by atoms with Crippen LogP contribution in [0.3, 0.4) is 0 Å². The number of hydrogen-bond donors (Lipinski definition) is 2. The zero-order chi connectivity index (χ0) is 20.4. The van der Waals surface area contributed by atoms with Gasteiger partial charge in [-0.2, -0.15) is 0 Å². The van der Waals surface area contributed by atoms with Gasteiger partial charge in [0.15, 0.2) is 0 Å². The van der Waals surface area contributed by atoms with Gasteiger partial charge in [0, 0.05) is 10.3 Å². The number of nitrogens with zero attached hydrogens (tertiary/aromatic N) is 1. The van der Waals surface area contributed by atoms with Crippen LogP contribution in [0, 0.1) is 0 Å². The first-order valence-electron chi connectivity index (χ1n) is 9.43. The number of benzene rings is 1. The summed E-state index contributed by atoms with van der Waals surface area (Å²) in [6.45, 7) is 0. The highest BCUT2D eigenvalue weighted by Gasteiger charge is 2.25. The van der Waals surface area contributed by atoms with E-state index in [2.05, 4.69) is 10.3 Å². The molecule has 0 fully saturated rings. The summed E-state index contributed by atoms with van der Waals surface area (Å²) in [5.74, 6) is -0.138. The zero-order valence-electron chi connectivity index (χ0n) is 16.0. The Kier molecular flexibility index (Phi) is 5.64. The van der Waals surface area contributed by atoms with E-state index >= 15 is 0 Å². The summed E-state index contributed by atoms with van der Waals surface area (Å²) in [7, 11) is 1.60. The SMILES string of the molecule is COc1ccccc1-c1nc(C(=O)Nc2sc3c(c2C(N)=O)CCCCC3)cs1. The number of carbonyl (C=O) groups is 2. The van der Waals surface area contributed by atoms with Crippen molar-refractivity contribution in [1.82, 2.24) is 4.98 Å². The van der Waals surface area contributed by atoms with E-state index in [1.54, 1.807) is 12.5 Å². The number of ether oxygens (including phenoxy) is 1. The minimum atomic E-state index is -0.493. The molecule has 1 aliphatic rings. The molecule has 29 heavy (non-hydrogen) atoms. The molecule has 0 bridgehead atoms. The number of primary amides is 1. The molecule has 0 spiro atoms. The lowest BCUT2D eigenvalue weighted by Crippen LogP contribution is -2.18. The Morgan fingerprint density at radius 1 is 1.17 bits per heavy atom. The number of aromatic nitrogens is 1. The van der Waals surface area contributed by atoms with Gasteiger partial charge in [0.25, 0.3) is 11.8 Å². The van der Waals surface area contributed by atoms with E-state index in [1.165, 1.54) is 22.7 Å². The Bertz CT molecular complexity index is 1070. The number of nitrogens with two attached hydrogens (primary N) is 1. The molecule has 6 nitrogen and oxygen atoms in total. The van der Waals surface area contributed by atoms with Gasteiger partial charge in [-0.1, -0.05) is 18.6 Å². The van der Waals surface area contributed by atoms with Crippen LogP contribution >= 0.6 is 22.7 Å². The van der Waals surface area contributed by atoms with Crippen LogP contribution in [0.1, 0.15) is 50.5 Å². The predicted octanol–water partition coefficient (Wildman–Crippen LogP) is 4.50. The van der Waals surface area contributed by atoms with E-state index in [0.29, 0.717) is 27.0 Å². The predicted molar refractivity (Wildman–Crippen MR) is 116 cm³/mol. The second-order valence-corrected chi connectivity index (χ2v) is 8.79. The number of thiophene rings is 1. The number of rotatable bonds is 5. The minimum Gasteiger partial charge on any atom is -0.496 e. The largest absolute Gasteiger partial charge is 0.496 e. The van der Waals surface area contributed by atoms with Crippen molar-refractivity contribution in [3.8, 4) is 16.3 Å². The molecule has 0 unspecified atom stereocenters. The van der Waals surface area contributed by atoms with E-state index in [-0.39, 0.29) is 5.91 Å². The fourth-order valence-electron chi connectivity index (χ4n) is 3.58. The van der Waals surface area contributed by atoms with Gasteiger partial charge < -0.3 is 15.8 Å². The maximum atomic E-state index is 12.8. The van der Waals surface area contributed by atoms with Gasteiger partial charge in [-0.3, -0.25) is 9.59 Å². The van der Waals surface area contributed by atoms with Crippen molar-refractivity contribution in [2.24, 2.45) is 5.73 Å². The van der Waals surface area contributed by atoms with Crippen molar-refractivity contribution in [2.45, 2.75) is 32.1 Å². The zero-order valence-corrected chi connectivity index (χ0v) is 17.6. The molecule has 1 aromatic carbocycles. The molecule has 2 heterocycles. The lowest BCUT2D eigenvalue weighted by atomic mass is 10.1. The number of hydrogen-bond acceptors (Lipinski definition) is 6. The standard InChI is InChI=1S/C21H21N3O3S2/c1-27-15-9-6-5-7-12(15)20-23-14(11-28-20)19(26)24-21-17(18(22)25)13-8-3-2-4-10-16(13)29-21/h5-7,9,11H,2-4,8,10H2,1H3,(H2,22,25)(H,24,26). The Labute approximate surface area is 176 Å². The number of methoxy groups -OCH3 is 1. The van der Waals surface area contributed by atoms with Crippen molar-refractivity contribution in [2.75, 3.05) is 12.4 Å². The second kappa shape index (κ2) is 8.34. The molecule has 0 aliphatic heterocycles. The summed E-state index contributed by atoms with van der Waals surface area (Å²) in [5, 5.41) is 5.81. The molecule has 2 aromatic heterocycles. The third-order valence-electron chi connectivity index (χ3n) is 4.97. The van der Waals surface area contributed by atoms with E-state index in [4.69, 9.17) is 10.5 Å². The number of carbonyl (C=O) groups excluding carboxylic acids is 2. The number of fused-ring (bicyclic) bond motifs is 1. The van der Waals surface area contributed by atoms with Crippen LogP contribution < -0.4 is 15.8 Å². The average Bonchev–Trinajstić information content (AvgIpc) is 3.27. The van der Waals surface area contributed by atoms with Gasteiger partial charge in [-0.05, 0) is 43.4 Å². The van der Waals surface area contributed by atoms with Crippen molar-refractivity contribution >= 4 is 39.5 Å². The summed E-state index contributed by atoms with van der Waals surface area (Å²) in [4.78, 5) is 30.5. The van der Waals surface area contributed by atoms with Crippen LogP contribution in [0.25, 0.3) is 10.6 Å². The highest BCUT2D eigenvalue weighted by Crippen LogP contribution is 2.38. The van der Waals surface area contributed by atoms with E-state index in [0.717, 1.165) is 48.1 Å². The lowest BCUT2D eigenvalue weighted by molar-refractivity contribution is 0.100. The summed E-state index contributed by atoms with van der Waals surface area (Å²) in [5.41, 5.74) is 8.25. The summed E-state index contributed by atoms with van der Waals surface area (Å²) >= 11 is 2.83. The molecule has 0 radical (unpaired) electrons. The number of thiazole rings is 1. The van der Waals surface area contributed by atoms with Gasteiger partial charge in [-0.25, -0.2) is 4.98 Å². The first-order chi connectivity index (χ1) is 14.1. The van der Waals surface area contributed by atoms with Gasteiger partial charge in [0.05, 0.1) is 18.2 Å². The van der Waals surface area contributed by atoms with Crippen molar-refractivity contribution < 1.29 is 14.3 Å². The van der Waals surface area contributed by atoms with Crippen LogP contribution in [0.2, 0.25) is 0 Å². The molecule has 0 saturated heterocycles. The highest BCUT2D eigenvalue weighted by atomic mass is 32.1. The third-order valence-corrected chi connectivity index (χ3v) is 7.05. The molecule has 2 amide bonds. The quantitative estimate of drug-likeness (QED) is 0.586. The Morgan fingerprint density at radius 2 is 1.97 bits per heavy atom. The van der Waals surface area contributed by atoms with Crippen molar-refractivity contribution in [3.63, 3.8) is 0 Å². The third kappa shape index (κ3) is 3.90. The smallest absolute Gasteiger partial charge is 0.275 e. The highest BCUT2D eigenvalue weighted by molar-refractivity contribution is 7.17. The monoisotopic (exact) mass is 427 g/mol. The molecule has 4 rings (SSSR count). The van der Waals surface area contributed by atoms with Crippen LogP contribution in [0.15, 0.2) is 29.6 Å². The van der Waals surface area contributed by atoms with E-state index in [1.807, 2.05) is 24.3 Å². The first kappa shape index (κ1) is 19.6. The van der Waals surface area contributed by atoms with Gasteiger partial charge in [-0.15, -0.1) is 22.7 Å². The van der Waals surface area contributed by atoms with Gasteiger partial charge in [0.2, 0.25) is 0 Å². The van der Waals surface area contributed by atoms with E-state index in [9.17, 15) is 9.59 Å². The summed E-state index contributed by atoms with van der Waals surface area (Å²) in [6, 6.07) is 7.54. The molecule has 150 valence electrons. The van der Waals surface area contributed by atoms with E-state index < -0.39 is 5.91 Å². The fraction of sp³-hybridized carbons (Fsp3) is 0.286. The van der Waals surface area contributed by atoms with Crippen LogP contribution in [0.4, 0.5) is 5.00 Å². The van der Waals surface area contributed by atoms with Gasteiger partial charge in [0.1, 0.15) is 21.5 Å². The molecule has 1 aliphatic carbocycles. The molecule has 3 aromatic rings. The molecule has 0 saturated carbocycles. The molecule has 0 atom stereocenters. The average molecular weight is 428 g/mol. The maximum absolute atomic E-state index is 12.8. The first-order valence-corrected chi connectivity index (χ1v) is 11.1. The molecule has 8 heteroatoms. The number of nitrogens with one attached hydrogen (secondary N) is 1. The number of amides is 2. The normalized spacial score (nSPS) is 13.4. The van der Waals surface area contributed by atoms with Crippen molar-refractivity contribution in [3.05, 3.63) is 51.3 Å². The molecular formula is C21H21N3O3S2. The number of para-hydroxylation sites is 1. The fourth-order valence-corrected chi connectivity index (χ4v) is 5.70.